The molecule has 0 aliphatic rings. The number of hydrogen-bond donors (Lipinski definition) is 1. The van der Waals surface area contributed by atoms with Gasteiger partial charge < -0.3 is 0 Å². The number of rotatable bonds is 1. The summed E-state index contributed by atoms with van der Waals surface area (Å²) in [4.78, 5) is 26.5. The normalized spacial score (nSPS) is 11.1. The Morgan fingerprint density at radius 3 is 2.84 bits per heavy atom. The summed E-state index contributed by atoms with van der Waals surface area (Å²) in [6, 6.07) is 7.41. The molecule has 6 heteroatoms. The van der Waals surface area contributed by atoms with E-state index in [1.807, 2.05) is 23.6 Å². The smallest absolute Gasteiger partial charge is 0.297 e. The highest BCUT2D eigenvalue weighted by Crippen LogP contribution is 2.22. The summed E-state index contributed by atoms with van der Waals surface area (Å²) in [5.41, 5.74) is -0.0675. The van der Waals surface area contributed by atoms with E-state index in [0.29, 0.717) is 11.3 Å². The minimum absolute atomic E-state index is 0.0860. The Labute approximate surface area is 116 Å². The third-order valence-electron chi connectivity index (χ3n) is 2.97. The number of H-pyrrole nitrogens is 1. The number of nitrogens with zero attached hydrogens (tertiary/aromatic N) is 1. The molecule has 2 heterocycles. The van der Waals surface area contributed by atoms with Crippen LogP contribution in [0.4, 0.5) is 0 Å². The maximum absolute atomic E-state index is 12.1. The fourth-order valence-electron chi connectivity index (χ4n) is 1.93. The minimum atomic E-state index is -0.532. The molecule has 4 nitrogen and oxygen atoms in total. The molecule has 0 saturated heterocycles. The Hall–Kier alpha value is -1.85. The van der Waals surface area contributed by atoms with Crippen molar-refractivity contribution >= 4 is 33.0 Å². The first-order valence-corrected chi connectivity index (χ1v) is 6.83. The molecule has 0 radical (unpaired) electrons. The molecule has 3 rings (SSSR count). The Balaban J connectivity index is 2.35. The Morgan fingerprint density at radius 2 is 2.05 bits per heavy atom. The van der Waals surface area contributed by atoms with Gasteiger partial charge in [0, 0.05) is 4.70 Å². The molecule has 19 heavy (non-hydrogen) atoms. The molecule has 0 spiro atoms. The van der Waals surface area contributed by atoms with Crippen LogP contribution in [0.2, 0.25) is 5.15 Å². The molecule has 0 amide bonds. The summed E-state index contributed by atoms with van der Waals surface area (Å²) < 4.78 is 2.21. The van der Waals surface area contributed by atoms with Crippen LogP contribution in [-0.4, -0.2) is 9.55 Å². The van der Waals surface area contributed by atoms with E-state index < -0.39 is 11.2 Å². The Bertz CT molecular complexity index is 892. The Morgan fingerprint density at radius 1 is 1.26 bits per heavy atom. The van der Waals surface area contributed by atoms with Crippen LogP contribution in [0.3, 0.4) is 0 Å². The highest BCUT2D eigenvalue weighted by atomic mass is 35.5. The molecule has 0 aliphatic heterocycles. The number of thiophene rings is 1. The van der Waals surface area contributed by atoms with E-state index in [4.69, 9.17) is 11.6 Å². The van der Waals surface area contributed by atoms with Crippen LogP contribution in [-0.2, 0) is 0 Å². The summed E-state index contributed by atoms with van der Waals surface area (Å²) in [5.74, 6) is 0. The molecular weight excluding hydrogens is 284 g/mol. The topological polar surface area (TPSA) is 54.9 Å². The molecule has 1 aromatic carbocycles. The molecule has 1 N–H and O–H groups in total. The largest absolute Gasteiger partial charge is 0.334 e. The predicted octanol–water partition coefficient (Wildman–Crippen LogP) is 2.70. The molecule has 0 unspecified atom stereocenters. The highest BCUT2D eigenvalue weighted by Gasteiger charge is 2.11. The van der Waals surface area contributed by atoms with E-state index in [2.05, 4.69) is 4.98 Å². The molecule has 0 fully saturated rings. The maximum Gasteiger partial charge on any atom is 0.334 e. The number of benzene rings is 1. The van der Waals surface area contributed by atoms with Gasteiger partial charge in [-0.25, -0.2) is 9.36 Å². The van der Waals surface area contributed by atoms with E-state index in [1.54, 1.807) is 24.3 Å². The van der Waals surface area contributed by atoms with E-state index in [0.717, 1.165) is 14.7 Å². The van der Waals surface area contributed by atoms with Gasteiger partial charge in [0.2, 0.25) is 0 Å². The lowest BCUT2D eigenvalue weighted by Crippen LogP contribution is -2.35. The third kappa shape index (κ3) is 1.91. The maximum atomic E-state index is 12.1. The number of nitrogens with one attached hydrogen (secondary N) is 1. The quantitative estimate of drug-likeness (QED) is 0.701. The first-order chi connectivity index (χ1) is 9.08. The van der Waals surface area contributed by atoms with Crippen molar-refractivity contribution < 1.29 is 0 Å². The van der Waals surface area contributed by atoms with Crippen LogP contribution in [0.5, 0.6) is 0 Å². The second-order valence-corrected chi connectivity index (χ2v) is 5.48. The first kappa shape index (κ1) is 12.2. The van der Waals surface area contributed by atoms with E-state index in [1.165, 1.54) is 0 Å². The second kappa shape index (κ2) is 4.36. The van der Waals surface area contributed by atoms with Gasteiger partial charge in [-0.1, -0.05) is 11.6 Å². The summed E-state index contributed by atoms with van der Waals surface area (Å²) >= 11 is 7.40. The zero-order valence-corrected chi connectivity index (χ0v) is 11.5. The van der Waals surface area contributed by atoms with Crippen molar-refractivity contribution in [1.82, 2.24) is 9.55 Å². The van der Waals surface area contributed by atoms with Crippen LogP contribution < -0.4 is 11.2 Å². The lowest BCUT2D eigenvalue weighted by atomic mass is 10.2. The van der Waals surface area contributed by atoms with Crippen molar-refractivity contribution in [3.63, 3.8) is 0 Å². The number of fused-ring (bicyclic) bond motifs is 1. The molecule has 2 aromatic heterocycles. The summed E-state index contributed by atoms with van der Waals surface area (Å²) in [7, 11) is 0. The Kier molecular flexibility index (Phi) is 2.80. The van der Waals surface area contributed by atoms with Crippen molar-refractivity contribution in [2.75, 3.05) is 0 Å². The van der Waals surface area contributed by atoms with Gasteiger partial charge in [0.15, 0.2) is 0 Å². The van der Waals surface area contributed by atoms with Gasteiger partial charge in [-0.2, -0.15) is 0 Å². The van der Waals surface area contributed by atoms with Gasteiger partial charge in [0.05, 0.1) is 11.3 Å². The summed E-state index contributed by atoms with van der Waals surface area (Å²) in [6.07, 6.45) is 0. The van der Waals surface area contributed by atoms with E-state index in [-0.39, 0.29) is 5.15 Å². The van der Waals surface area contributed by atoms with Crippen molar-refractivity contribution in [1.29, 1.82) is 0 Å². The third-order valence-corrected chi connectivity index (χ3v) is 4.24. The van der Waals surface area contributed by atoms with Crippen LogP contribution in [0.1, 0.15) is 5.56 Å². The monoisotopic (exact) mass is 292 g/mol. The lowest BCUT2D eigenvalue weighted by Gasteiger charge is -2.06. The molecule has 0 atom stereocenters. The number of halogens is 1. The van der Waals surface area contributed by atoms with Crippen molar-refractivity contribution in [2.45, 2.75) is 6.92 Å². The minimum Gasteiger partial charge on any atom is -0.297 e. The fourth-order valence-corrected chi connectivity index (χ4v) is 2.86. The van der Waals surface area contributed by atoms with Gasteiger partial charge in [-0.05, 0) is 42.0 Å². The van der Waals surface area contributed by atoms with Crippen molar-refractivity contribution in [3.05, 3.63) is 61.2 Å². The average molecular weight is 293 g/mol. The van der Waals surface area contributed by atoms with Gasteiger partial charge >= 0.3 is 5.69 Å². The van der Waals surface area contributed by atoms with Gasteiger partial charge in [0.1, 0.15) is 5.15 Å². The highest BCUT2D eigenvalue weighted by molar-refractivity contribution is 7.17. The van der Waals surface area contributed by atoms with Gasteiger partial charge in [-0.3, -0.25) is 9.78 Å². The number of aromatic amines is 1. The lowest BCUT2D eigenvalue weighted by molar-refractivity contribution is 0.861. The summed E-state index contributed by atoms with van der Waals surface area (Å²) in [6.45, 7) is 1.58. The molecule has 0 aliphatic carbocycles. The zero-order valence-electron chi connectivity index (χ0n) is 9.94. The van der Waals surface area contributed by atoms with Crippen molar-refractivity contribution in [2.24, 2.45) is 0 Å². The van der Waals surface area contributed by atoms with Crippen LogP contribution in [0, 0.1) is 6.92 Å². The van der Waals surface area contributed by atoms with Crippen molar-refractivity contribution in [3.8, 4) is 5.69 Å². The molecule has 3 aromatic rings. The first-order valence-electron chi connectivity index (χ1n) is 5.57. The fraction of sp³-hybridized carbons (Fsp3) is 0.0769. The number of hydrogen-bond acceptors (Lipinski definition) is 3. The predicted molar refractivity (Wildman–Crippen MR) is 77.8 cm³/mol. The van der Waals surface area contributed by atoms with Gasteiger partial charge in [0.25, 0.3) is 5.56 Å². The second-order valence-electron chi connectivity index (χ2n) is 4.15. The van der Waals surface area contributed by atoms with Crippen LogP contribution in [0.15, 0.2) is 39.2 Å². The van der Waals surface area contributed by atoms with Crippen LogP contribution >= 0.6 is 22.9 Å². The SMILES string of the molecule is Cc1c(Cl)[nH]c(=O)n(-c2ccc3sccc3c2)c1=O. The zero-order chi connectivity index (χ0) is 13.6. The molecule has 0 saturated carbocycles. The molecular formula is C13H9ClN2O2S. The van der Waals surface area contributed by atoms with E-state index >= 15 is 0 Å². The average Bonchev–Trinajstić information content (AvgIpc) is 2.83. The number of aromatic nitrogens is 2. The standard InChI is InChI=1S/C13H9ClN2O2S/c1-7-11(14)15-13(18)16(12(7)17)9-2-3-10-8(6-9)4-5-19-10/h2-6H,1H3,(H,15,18). The summed E-state index contributed by atoms with van der Waals surface area (Å²) in [5, 5.41) is 3.05. The molecule has 96 valence electrons. The van der Waals surface area contributed by atoms with Crippen LogP contribution in [0.25, 0.3) is 15.8 Å². The van der Waals surface area contributed by atoms with Gasteiger partial charge in [-0.15, -0.1) is 11.3 Å². The van der Waals surface area contributed by atoms with E-state index in [9.17, 15) is 9.59 Å². The molecule has 0 bridgehead atoms.